The van der Waals surface area contributed by atoms with Crippen LogP contribution in [0.25, 0.3) is 27.2 Å². The summed E-state index contributed by atoms with van der Waals surface area (Å²) in [5.41, 5.74) is 1.65. The molecular formula is C19H13N7S2. The zero-order valence-electron chi connectivity index (χ0n) is 14.4. The Hall–Kier alpha value is -3.43. The topological polar surface area (TPSA) is 81.4 Å². The molecule has 0 bridgehead atoms. The lowest BCUT2D eigenvalue weighted by Gasteiger charge is -2.10. The van der Waals surface area contributed by atoms with E-state index < -0.39 is 0 Å². The summed E-state index contributed by atoms with van der Waals surface area (Å²) in [6, 6.07) is 13.5. The van der Waals surface area contributed by atoms with Gasteiger partial charge in [0.15, 0.2) is 5.82 Å². The summed E-state index contributed by atoms with van der Waals surface area (Å²) in [6.07, 6.45) is 5.28. The molecule has 136 valence electrons. The van der Waals surface area contributed by atoms with Crippen LogP contribution in [0.15, 0.2) is 71.8 Å². The number of hydrogen-bond acceptors (Lipinski definition) is 8. The van der Waals surface area contributed by atoms with Crippen LogP contribution in [0, 0.1) is 0 Å². The van der Waals surface area contributed by atoms with E-state index >= 15 is 0 Å². The van der Waals surface area contributed by atoms with Crippen molar-refractivity contribution in [1.82, 2.24) is 29.7 Å². The van der Waals surface area contributed by atoms with Crippen LogP contribution >= 0.6 is 22.7 Å². The third-order valence-corrected chi connectivity index (χ3v) is 5.49. The number of aromatic nitrogens is 6. The molecule has 0 aliphatic rings. The van der Waals surface area contributed by atoms with Crippen molar-refractivity contribution in [3.63, 3.8) is 0 Å². The summed E-state index contributed by atoms with van der Waals surface area (Å²) < 4.78 is 1.74. The Labute approximate surface area is 168 Å². The molecule has 0 saturated carbocycles. The van der Waals surface area contributed by atoms with Gasteiger partial charge >= 0.3 is 0 Å². The van der Waals surface area contributed by atoms with E-state index in [9.17, 15) is 0 Å². The molecule has 0 unspecified atom stereocenters. The van der Waals surface area contributed by atoms with Gasteiger partial charge in [-0.05, 0) is 24.3 Å². The van der Waals surface area contributed by atoms with Crippen molar-refractivity contribution in [3.8, 4) is 27.2 Å². The van der Waals surface area contributed by atoms with Crippen LogP contribution in [0.1, 0.15) is 0 Å². The monoisotopic (exact) mass is 403 g/mol. The van der Waals surface area contributed by atoms with E-state index in [-0.39, 0.29) is 0 Å². The SMILES string of the molecule is c1cc(Nc2ccnn2-c2cccc(-c3nccs3)n2)nc(-c2nccs2)c1. The molecular weight excluding hydrogens is 390 g/mol. The average molecular weight is 403 g/mol. The minimum Gasteiger partial charge on any atom is -0.325 e. The van der Waals surface area contributed by atoms with Crippen molar-refractivity contribution in [2.75, 3.05) is 5.32 Å². The smallest absolute Gasteiger partial charge is 0.156 e. The first-order valence-electron chi connectivity index (χ1n) is 8.42. The van der Waals surface area contributed by atoms with Crippen molar-refractivity contribution in [2.45, 2.75) is 0 Å². The van der Waals surface area contributed by atoms with Crippen LogP contribution in [0.5, 0.6) is 0 Å². The third-order valence-electron chi connectivity index (χ3n) is 3.90. The molecule has 0 radical (unpaired) electrons. The fourth-order valence-electron chi connectivity index (χ4n) is 2.70. The van der Waals surface area contributed by atoms with Gasteiger partial charge in [0.25, 0.3) is 0 Å². The predicted molar refractivity (Wildman–Crippen MR) is 111 cm³/mol. The highest BCUT2D eigenvalue weighted by atomic mass is 32.1. The minimum absolute atomic E-state index is 0.705. The van der Waals surface area contributed by atoms with Gasteiger partial charge in [-0.15, -0.1) is 22.7 Å². The van der Waals surface area contributed by atoms with Crippen molar-refractivity contribution in [1.29, 1.82) is 0 Å². The number of anilines is 2. The van der Waals surface area contributed by atoms with Gasteiger partial charge in [-0.1, -0.05) is 12.1 Å². The second kappa shape index (κ2) is 7.29. The maximum absolute atomic E-state index is 4.70. The van der Waals surface area contributed by atoms with Crippen LogP contribution in [0.3, 0.4) is 0 Å². The molecule has 0 fully saturated rings. The van der Waals surface area contributed by atoms with Gasteiger partial charge in [0.1, 0.15) is 33.0 Å². The van der Waals surface area contributed by atoms with Gasteiger partial charge in [0.05, 0.1) is 6.20 Å². The molecule has 0 amide bonds. The summed E-state index contributed by atoms with van der Waals surface area (Å²) >= 11 is 3.11. The average Bonchev–Trinajstić information content (AvgIpc) is 3.50. The second-order valence-electron chi connectivity index (χ2n) is 5.72. The lowest BCUT2D eigenvalue weighted by atomic mass is 10.3. The van der Waals surface area contributed by atoms with E-state index in [1.54, 1.807) is 45.9 Å². The number of thiazole rings is 2. The van der Waals surface area contributed by atoms with Crippen LogP contribution in [-0.4, -0.2) is 29.7 Å². The highest BCUT2D eigenvalue weighted by Gasteiger charge is 2.10. The number of rotatable bonds is 5. The molecule has 0 aromatic carbocycles. The number of nitrogens with zero attached hydrogens (tertiary/aromatic N) is 6. The van der Waals surface area contributed by atoms with Crippen molar-refractivity contribution in [2.24, 2.45) is 0 Å². The second-order valence-corrected chi connectivity index (χ2v) is 7.51. The van der Waals surface area contributed by atoms with Crippen LogP contribution in [-0.2, 0) is 0 Å². The lowest BCUT2D eigenvalue weighted by Crippen LogP contribution is -2.05. The molecule has 5 aromatic heterocycles. The molecule has 5 aromatic rings. The highest BCUT2D eigenvalue weighted by molar-refractivity contribution is 7.13. The summed E-state index contributed by atoms with van der Waals surface area (Å²) in [6.45, 7) is 0. The normalized spacial score (nSPS) is 10.9. The van der Waals surface area contributed by atoms with E-state index in [0.29, 0.717) is 11.6 Å². The fourth-order valence-corrected chi connectivity index (χ4v) is 3.91. The zero-order chi connectivity index (χ0) is 18.8. The number of nitrogens with one attached hydrogen (secondary N) is 1. The van der Waals surface area contributed by atoms with Crippen molar-refractivity contribution < 1.29 is 0 Å². The van der Waals surface area contributed by atoms with E-state index in [2.05, 4.69) is 25.4 Å². The first kappa shape index (κ1) is 16.7. The number of hydrogen-bond donors (Lipinski definition) is 1. The molecule has 0 aliphatic heterocycles. The van der Waals surface area contributed by atoms with E-state index in [0.717, 1.165) is 27.2 Å². The Morgan fingerprint density at radius 2 is 1.46 bits per heavy atom. The van der Waals surface area contributed by atoms with Crippen molar-refractivity contribution >= 4 is 34.3 Å². The largest absolute Gasteiger partial charge is 0.325 e. The summed E-state index contributed by atoms with van der Waals surface area (Å²) in [4.78, 5) is 18.0. The standard InChI is InChI=1S/C19H13N7S2/c1-3-13(18-20-9-11-27-18)23-15(5-1)25-17-7-8-22-26(17)16-6-2-4-14(24-16)19-21-10-12-28-19/h1-12H,(H,23,25). The predicted octanol–water partition coefficient (Wildman–Crippen LogP) is 4.65. The zero-order valence-corrected chi connectivity index (χ0v) is 16.1. The summed E-state index contributed by atoms with van der Waals surface area (Å²) in [5, 5.41) is 13.4. The van der Waals surface area contributed by atoms with Crippen LogP contribution in [0.2, 0.25) is 0 Å². The maximum Gasteiger partial charge on any atom is 0.156 e. The van der Waals surface area contributed by atoms with Gasteiger partial charge in [-0.2, -0.15) is 9.78 Å². The Kier molecular flexibility index (Phi) is 4.36. The molecule has 5 rings (SSSR count). The van der Waals surface area contributed by atoms with Crippen molar-refractivity contribution in [3.05, 3.63) is 71.8 Å². The molecule has 0 atom stereocenters. The molecule has 1 N–H and O–H groups in total. The lowest BCUT2D eigenvalue weighted by molar-refractivity contribution is 0.855. The van der Waals surface area contributed by atoms with Gasteiger partial charge in [0, 0.05) is 29.2 Å². The molecule has 28 heavy (non-hydrogen) atoms. The van der Waals surface area contributed by atoms with E-state index in [4.69, 9.17) is 4.98 Å². The maximum atomic E-state index is 4.70. The Balaban J connectivity index is 1.46. The molecule has 0 spiro atoms. The Morgan fingerprint density at radius 1 is 0.750 bits per heavy atom. The molecule has 0 aliphatic carbocycles. The first-order chi connectivity index (χ1) is 13.9. The van der Waals surface area contributed by atoms with E-state index in [1.165, 1.54) is 0 Å². The first-order valence-corrected chi connectivity index (χ1v) is 10.2. The quantitative estimate of drug-likeness (QED) is 0.460. The Morgan fingerprint density at radius 3 is 2.18 bits per heavy atom. The van der Waals surface area contributed by atoms with E-state index in [1.807, 2.05) is 53.2 Å². The molecule has 0 saturated heterocycles. The summed E-state index contributed by atoms with van der Waals surface area (Å²) in [7, 11) is 0. The van der Waals surface area contributed by atoms with Gasteiger partial charge in [-0.3, -0.25) is 0 Å². The van der Waals surface area contributed by atoms with Crippen LogP contribution < -0.4 is 5.32 Å². The van der Waals surface area contributed by atoms with Gasteiger partial charge < -0.3 is 5.32 Å². The number of pyridine rings is 2. The van der Waals surface area contributed by atoms with Gasteiger partial charge in [0.2, 0.25) is 0 Å². The minimum atomic E-state index is 0.705. The molecule has 9 heteroatoms. The van der Waals surface area contributed by atoms with Crippen LogP contribution in [0.4, 0.5) is 11.6 Å². The highest BCUT2D eigenvalue weighted by Crippen LogP contribution is 2.25. The fraction of sp³-hybridized carbons (Fsp3) is 0. The summed E-state index contributed by atoms with van der Waals surface area (Å²) in [5.74, 6) is 2.19. The Bertz CT molecular complexity index is 1200. The molecule has 7 nitrogen and oxygen atoms in total. The molecule has 5 heterocycles. The van der Waals surface area contributed by atoms with Gasteiger partial charge in [-0.25, -0.2) is 19.9 Å². The third kappa shape index (κ3) is 3.28.